The molecule has 25 heavy (non-hydrogen) atoms. The monoisotopic (exact) mass is 348 g/mol. The summed E-state index contributed by atoms with van der Waals surface area (Å²) in [6.45, 7) is 3.82. The van der Waals surface area contributed by atoms with E-state index in [1.54, 1.807) is 0 Å². The van der Waals surface area contributed by atoms with Crippen LogP contribution in [0.4, 0.5) is 11.8 Å². The molecule has 0 radical (unpaired) electrons. The number of piperidine rings is 1. The molecule has 8 nitrogen and oxygen atoms in total. The Kier molecular flexibility index (Phi) is 5.39. The van der Waals surface area contributed by atoms with Crippen LogP contribution in [0.1, 0.15) is 55.8 Å². The summed E-state index contributed by atoms with van der Waals surface area (Å²) in [5, 5.41) is 20.1. The minimum Gasteiger partial charge on any atom is -0.390 e. The van der Waals surface area contributed by atoms with Crippen molar-refractivity contribution in [3.05, 3.63) is 11.8 Å². The molecule has 0 bridgehead atoms. The van der Waals surface area contributed by atoms with Crippen LogP contribution in [0.15, 0.2) is 6.20 Å². The summed E-state index contributed by atoms with van der Waals surface area (Å²) in [6, 6.07) is 0.498. The van der Waals surface area contributed by atoms with Crippen LogP contribution in [0.3, 0.4) is 0 Å². The van der Waals surface area contributed by atoms with Gasteiger partial charge in [-0.3, -0.25) is 4.79 Å². The lowest BCUT2D eigenvalue weighted by atomic mass is 9.83. The lowest BCUT2D eigenvalue weighted by molar-refractivity contribution is 0.0196. The zero-order valence-electron chi connectivity index (χ0n) is 14.7. The molecule has 3 rings (SSSR count). The summed E-state index contributed by atoms with van der Waals surface area (Å²) in [7, 11) is 0. The fourth-order valence-electron chi connectivity index (χ4n) is 3.47. The molecule has 0 aromatic carbocycles. The number of carbonyl (C=O) groups is 1. The van der Waals surface area contributed by atoms with Gasteiger partial charge in [0, 0.05) is 18.3 Å². The Balaban J connectivity index is 1.71. The number of nitrogens with one attached hydrogen (secondary N) is 3. The van der Waals surface area contributed by atoms with Gasteiger partial charge in [-0.25, -0.2) is 4.98 Å². The highest BCUT2D eigenvalue weighted by atomic mass is 16.3. The van der Waals surface area contributed by atoms with Gasteiger partial charge in [-0.2, -0.15) is 4.98 Å². The molecule has 2 aliphatic rings. The van der Waals surface area contributed by atoms with E-state index < -0.39 is 11.5 Å². The highest BCUT2D eigenvalue weighted by Gasteiger charge is 2.29. The van der Waals surface area contributed by atoms with Crippen LogP contribution < -0.4 is 21.7 Å². The van der Waals surface area contributed by atoms with E-state index in [1.165, 1.54) is 6.20 Å². The lowest BCUT2D eigenvalue weighted by Crippen LogP contribution is -2.37. The van der Waals surface area contributed by atoms with Gasteiger partial charge in [0.2, 0.25) is 5.95 Å². The molecule has 1 saturated carbocycles. The van der Waals surface area contributed by atoms with Crippen LogP contribution in [0.2, 0.25) is 0 Å². The van der Waals surface area contributed by atoms with Crippen molar-refractivity contribution in [2.75, 3.05) is 23.7 Å². The van der Waals surface area contributed by atoms with E-state index in [0.29, 0.717) is 23.4 Å². The predicted molar refractivity (Wildman–Crippen MR) is 96.6 cm³/mol. The third-order valence-corrected chi connectivity index (χ3v) is 5.13. The van der Waals surface area contributed by atoms with E-state index in [0.717, 1.165) is 51.6 Å². The van der Waals surface area contributed by atoms with Crippen LogP contribution in [-0.4, -0.2) is 51.8 Å². The van der Waals surface area contributed by atoms with E-state index >= 15 is 0 Å². The van der Waals surface area contributed by atoms with Gasteiger partial charge in [0.15, 0.2) is 0 Å². The third-order valence-electron chi connectivity index (χ3n) is 5.13. The van der Waals surface area contributed by atoms with Gasteiger partial charge in [-0.05, 0) is 58.5 Å². The molecule has 1 aliphatic carbocycles. The molecule has 6 N–H and O–H groups in total. The summed E-state index contributed by atoms with van der Waals surface area (Å²) < 4.78 is 0. The van der Waals surface area contributed by atoms with E-state index in [-0.39, 0.29) is 6.04 Å². The first kappa shape index (κ1) is 17.9. The molecule has 0 atom stereocenters. The maximum Gasteiger partial charge on any atom is 0.254 e. The smallest absolute Gasteiger partial charge is 0.254 e. The van der Waals surface area contributed by atoms with Gasteiger partial charge in [0.1, 0.15) is 5.82 Å². The van der Waals surface area contributed by atoms with Crippen molar-refractivity contribution in [2.24, 2.45) is 5.73 Å². The molecule has 2 heterocycles. The Bertz CT molecular complexity index is 605. The molecule has 8 heteroatoms. The number of nitrogens with two attached hydrogens (primary N) is 1. The lowest BCUT2D eigenvalue weighted by Gasteiger charge is -2.33. The molecule has 0 unspecified atom stereocenters. The molecule has 138 valence electrons. The van der Waals surface area contributed by atoms with E-state index in [4.69, 9.17) is 5.73 Å². The highest BCUT2D eigenvalue weighted by Crippen LogP contribution is 2.30. The third kappa shape index (κ3) is 4.79. The normalized spacial score (nSPS) is 27.7. The van der Waals surface area contributed by atoms with Crippen LogP contribution >= 0.6 is 0 Å². The zero-order valence-corrected chi connectivity index (χ0v) is 14.7. The second-order valence-corrected chi connectivity index (χ2v) is 7.40. The van der Waals surface area contributed by atoms with E-state index in [1.807, 2.05) is 6.92 Å². The number of rotatable bonds is 5. The minimum atomic E-state index is -0.599. The zero-order chi connectivity index (χ0) is 17.9. The Labute approximate surface area is 148 Å². The molecular formula is C17H28N6O2. The number of hydrogen-bond acceptors (Lipinski definition) is 7. The summed E-state index contributed by atoms with van der Waals surface area (Å²) >= 11 is 0. The Hall–Kier alpha value is -1.93. The van der Waals surface area contributed by atoms with Crippen LogP contribution in [0.25, 0.3) is 0 Å². The first-order valence-corrected chi connectivity index (χ1v) is 9.06. The number of aliphatic hydroxyl groups is 1. The van der Waals surface area contributed by atoms with Crippen LogP contribution in [0, 0.1) is 0 Å². The molecule has 0 spiro atoms. The Morgan fingerprint density at radius 1 is 1.24 bits per heavy atom. The maximum absolute atomic E-state index is 11.7. The molecule has 1 aromatic heterocycles. The summed E-state index contributed by atoms with van der Waals surface area (Å²) in [6.07, 6.45) is 6.62. The van der Waals surface area contributed by atoms with Crippen LogP contribution in [-0.2, 0) is 0 Å². The number of aromatic nitrogens is 2. The quantitative estimate of drug-likeness (QED) is 0.534. The second kappa shape index (κ2) is 7.53. The number of anilines is 2. The summed E-state index contributed by atoms with van der Waals surface area (Å²) in [4.78, 5) is 20.5. The maximum atomic E-state index is 11.7. The largest absolute Gasteiger partial charge is 0.390 e. The second-order valence-electron chi connectivity index (χ2n) is 7.40. The van der Waals surface area contributed by atoms with Gasteiger partial charge in [-0.1, -0.05) is 0 Å². The number of nitrogens with zero attached hydrogens (tertiary/aromatic N) is 2. The van der Waals surface area contributed by atoms with Crippen molar-refractivity contribution in [2.45, 2.75) is 63.1 Å². The summed E-state index contributed by atoms with van der Waals surface area (Å²) in [5.41, 5.74) is 5.17. The molecular weight excluding hydrogens is 320 g/mol. The summed E-state index contributed by atoms with van der Waals surface area (Å²) in [5.74, 6) is 0.450. The molecule has 2 fully saturated rings. The molecule has 1 amide bonds. The fraction of sp³-hybridized carbons (Fsp3) is 0.706. The van der Waals surface area contributed by atoms with Crippen molar-refractivity contribution >= 4 is 17.7 Å². The van der Waals surface area contributed by atoms with Gasteiger partial charge in [0.05, 0.1) is 11.2 Å². The van der Waals surface area contributed by atoms with Crippen molar-refractivity contribution in [3.63, 3.8) is 0 Å². The Morgan fingerprint density at radius 3 is 2.52 bits per heavy atom. The average Bonchev–Trinajstić information content (AvgIpc) is 2.58. The topological polar surface area (TPSA) is 125 Å². The van der Waals surface area contributed by atoms with Gasteiger partial charge >= 0.3 is 0 Å². The minimum absolute atomic E-state index is 0.167. The van der Waals surface area contributed by atoms with Gasteiger partial charge in [0.25, 0.3) is 5.91 Å². The molecule has 1 aliphatic heterocycles. The standard InChI is InChI=1S/C17H28N6O2/c1-17(25)6-2-11(3-7-17)21-15-13(14(18)24)10-20-16(23-15)22-12-4-8-19-9-5-12/h10-12,19,25H,2-9H2,1H3,(H2,18,24)(H2,20,21,22,23)/t11-,17+. The van der Waals surface area contributed by atoms with Crippen molar-refractivity contribution in [3.8, 4) is 0 Å². The molecule has 1 saturated heterocycles. The van der Waals surface area contributed by atoms with Crippen molar-refractivity contribution in [1.82, 2.24) is 15.3 Å². The van der Waals surface area contributed by atoms with Crippen LogP contribution in [0.5, 0.6) is 0 Å². The van der Waals surface area contributed by atoms with E-state index in [9.17, 15) is 9.90 Å². The predicted octanol–water partition coefficient (Wildman–Crippen LogP) is 0.845. The van der Waals surface area contributed by atoms with E-state index in [2.05, 4.69) is 25.9 Å². The van der Waals surface area contributed by atoms with Gasteiger partial charge in [-0.15, -0.1) is 0 Å². The number of amides is 1. The number of hydrogen-bond donors (Lipinski definition) is 5. The first-order valence-electron chi connectivity index (χ1n) is 9.06. The molecule has 1 aromatic rings. The highest BCUT2D eigenvalue weighted by molar-refractivity contribution is 5.97. The van der Waals surface area contributed by atoms with Gasteiger partial charge < -0.3 is 26.8 Å². The van der Waals surface area contributed by atoms with Crippen molar-refractivity contribution < 1.29 is 9.90 Å². The Morgan fingerprint density at radius 2 is 1.88 bits per heavy atom. The SMILES string of the molecule is C[C@]1(O)CC[C@@H](Nc2nc(NC3CCNCC3)ncc2C(N)=O)CC1. The first-order chi connectivity index (χ1) is 11.9. The average molecular weight is 348 g/mol. The fourth-order valence-corrected chi connectivity index (χ4v) is 3.47. The van der Waals surface area contributed by atoms with Crippen molar-refractivity contribution in [1.29, 1.82) is 0 Å². The number of carbonyl (C=O) groups excluding carboxylic acids is 1. The number of primary amides is 1.